The zero-order chi connectivity index (χ0) is 31.3. The van der Waals surface area contributed by atoms with Crippen LogP contribution < -0.4 is 33.7 Å². The summed E-state index contributed by atoms with van der Waals surface area (Å²) in [6.45, 7) is 1.88. The topological polar surface area (TPSA) is 127 Å². The van der Waals surface area contributed by atoms with Gasteiger partial charge in [-0.25, -0.2) is 8.42 Å². The number of benzene rings is 1. The quantitative estimate of drug-likeness (QED) is 0.0767. The van der Waals surface area contributed by atoms with Gasteiger partial charge in [-0.15, -0.1) is 11.8 Å². The van der Waals surface area contributed by atoms with Gasteiger partial charge >= 0.3 is 62.1 Å². The number of carbonyl (C=O) groups excluding carboxylic acids is 1. The Balaban J connectivity index is 0.00000506. The molecule has 4 aliphatic carbocycles. The summed E-state index contributed by atoms with van der Waals surface area (Å²) < 4.78 is 146. The number of alkyl halides is 6. The molecule has 4 bridgehead atoms. The molecule has 43 heavy (non-hydrogen) atoms. The number of hydrogen-bond acceptors (Lipinski definition) is 9. The summed E-state index contributed by atoms with van der Waals surface area (Å²) >= 11 is 1.10. The Kier molecular flexibility index (Phi) is 11.3. The molecule has 0 aliphatic heterocycles. The Morgan fingerprint density at radius 2 is 1.44 bits per heavy atom. The van der Waals surface area contributed by atoms with Crippen molar-refractivity contribution in [2.24, 2.45) is 29.6 Å². The zero-order valence-electron chi connectivity index (χ0n) is 23.2. The van der Waals surface area contributed by atoms with Gasteiger partial charge in [0.05, 0.1) is 12.5 Å². The van der Waals surface area contributed by atoms with E-state index in [-0.39, 0.29) is 47.8 Å². The molecule has 0 amide bonds. The fourth-order valence-corrected chi connectivity index (χ4v) is 8.89. The monoisotopic (exact) mass is 690 g/mol. The van der Waals surface area contributed by atoms with E-state index in [0.29, 0.717) is 22.6 Å². The second kappa shape index (κ2) is 13.2. The van der Waals surface area contributed by atoms with Gasteiger partial charge in [0.15, 0.2) is 10.1 Å². The minimum Gasteiger partial charge on any atom is -0.743 e. The molecule has 4 aliphatic rings. The van der Waals surface area contributed by atoms with Gasteiger partial charge in [0, 0.05) is 10.6 Å². The fourth-order valence-electron chi connectivity index (χ4n) is 6.64. The van der Waals surface area contributed by atoms with Crippen molar-refractivity contribution in [3.05, 3.63) is 24.3 Å². The number of esters is 1. The van der Waals surface area contributed by atoms with Gasteiger partial charge in [-0.1, -0.05) is 0 Å². The summed E-state index contributed by atoms with van der Waals surface area (Å²) in [5.41, 5.74) is 0. The maximum atomic E-state index is 13.9. The molecule has 1 aromatic carbocycles. The van der Waals surface area contributed by atoms with Crippen LogP contribution in [0.25, 0.3) is 0 Å². The van der Waals surface area contributed by atoms with Gasteiger partial charge in [-0.05, 0) is 99.3 Å². The van der Waals surface area contributed by atoms with E-state index >= 15 is 0 Å². The molecule has 18 heteroatoms. The van der Waals surface area contributed by atoms with Crippen LogP contribution in [0.3, 0.4) is 0 Å². The number of halogens is 6. The van der Waals surface area contributed by atoms with Crippen LogP contribution in [0.1, 0.15) is 51.9 Å². The number of rotatable bonds is 13. The average molecular weight is 691 g/mol. The summed E-state index contributed by atoms with van der Waals surface area (Å²) in [7, 11) is -14.3. The molecule has 1 atom stereocenters. The second-order valence-corrected chi connectivity index (χ2v) is 15.5. The van der Waals surface area contributed by atoms with E-state index < -0.39 is 48.4 Å². The Bertz CT molecular complexity index is 1350. The molecule has 0 radical (unpaired) electrons. The SMILES string of the molecule is CC(CC1C2CC3CC(C2)CC1C3)OC(=O)CCSc1ccc(OS(=O)(=O)C(F)(F)C(F)(F)C(F)(F)S(=O)(=O)[O-])cc1.[Na+]. The maximum absolute atomic E-state index is 13.9. The minimum atomic E-state index is -7.38. The average Bonchev–Trinajstić information content (AvgIpc) is 2.85. The molecule has 0 saturated heterocycles. The first kappa shape index (κ1) is 36.7. The van der Waals surface area contributed by atoms with Crippen molar-refractivity contribution in [3.63, 3.8) is 0 Å². The Morgan fingerprint density at radius 3 is 1.93 bits per heavy atom. The minimum absolute atomic E-state index is 0. The third kappa shape index (κ3) is 7.48. The molecular formula is C25H29F6NaO8S3. The molecular weight excluding hydrogens is 661 g/mol. The van der Waals surface area contributed by atoms with Gasteiger partial charge in [0.1, 0.15) is 5.75 Å². The maximum Gasteiger partial charge on any atom is 1.00 e. The van der Waals surface area contributed by atoms with E-state index in [1.807, 2.05) is 6.92 Å². The van der Waals surface area contributed by atoms with Crippen LogP contribution in [0.4, 0.5) is 26.3 Å². The third-order valence-corrected chi connectivity index (χ3v) is 11.5. The van der Waals surface area contributed by atoms with Crippen LogP contribution in [0.2, 0.25) is 0 Å². The van der Waals surface area contributed by atoms with Crippen molar-refractivity contribution in [3.8, 4) is 5.75 Å². The first-order chi connectivity index (χ1) is 19.2. The molecule has 238 valence electrons. The van der Waals surface area contributed by atoms with E-state index in [2.05, 4.69) is 4.18 Å². The van der Waals surface area contributed by atoms with Crippen LogP contribution in [-0.4, -0.2) is 55.6 Å². The summed E-state index contributed by atoms with van der Waals surface area (Å²) in [6.07, 6.45) is 7.04. The van der Waals surface area contributed by atoms with Crippen molar-refractivity contribution >= 4 is 38.0 Å². The van der Waals surface area contributed by atoms with Crippen molar-refractivity contribution in [2.75, 3.05) is 5.75 Å². The predicted molar refractivity (Wildman–Crippen MR) is 137 cm³/mol. The Hall–Kier alpha value is -0.720. The third-order valence-electron chi connectivity index (χ3n) is 8.32. The molecule has 0 spiro atoms. The van der Waals surface area contributed by atoms with E-state index in [1.165, 1.54) is 32.1 Å². The van der Waals surface area contributed by atoms with Gasteiger partial charge in [-0.2, -0.15) is 34.8 Å². The molecule has 4 saturated carbocycles. The van der Waals surface area contributed by atoms with Crippen LogP contribution in [0, 0.1) is 29.6 Å². The molecule has 1 unspecified atom stereocenters. The first-order valence-corrected chi connectivity index (χ1v) is 17.0. The van der Waals surface area contributed by atoms with E-state index in [1.54, 1.807) is 0 Å². The summed E-state index contributed by atoms with van der Waals surface area (Å²) in [4.78, 5) is 12.7. The van der Waals surface area contributed by atoms with E-state index in [4.69, 9.17) is 4.74 Å². The van der Waals surface area contributed by atoms with E-state index in [9.17, 15) is 52.5 Å². The molecule has 8 nitrogen and oxygen atoms in total. The molecule has 0 heterocycles. The number of ether oxygens (including phenoxy) is 1. The zero-order valence-corrected chi connectivity index (χ0v) is 27.6. The summed E-state index contributed by atoms with van der Waals surface area (Å²) in [5, 5.41) is -13.8. The number of hydrogen-bond donors (Lipinski definition) is 0. The molecule has 0 aromatic heterocycles. The first-order valence-electron chi connectivity index (χ1n) is 13.2. The molecule has 0 N–H and O–H groups in total. The largest absolute Gasteiger partial charge is 1.00 e. The predicted octanol–water partition coefficient (Wildman–Crippen LogP) is 2.64. The van der Waals surface area contributed by atoms with Gasteiger partial charge in [0.25, 0.3) is 0 Å². The van der Waals surface area contributed by atoms with Crippen molar-refractivity contribution in [2.45, 2.75) is 79.3 Å². The fraction of sp³-hybridized carbons (Fsp3) is 0.720. The molecule has 5 rings (SSSR count). The van der Waals surface area contributed by atoms with Crippen LogP contribution in [-0.2, 0) is 29.8 Å². The van der Waals surface area contributed by atoms with Crippen LogP contribution >= 0.6 is 11.8 Å². The van der Waals surface area contributed by atoms with Crippen molar-refractivity contribution in [1.82, 2.24) is 0 Å². The van der Waals surface area contributed by atoms with Crippen LogP contribution in [0.5, 0.6) is 5.75 Å². The molecule has 4 fully saturated rings. The van der Waals surface area contributed by atoms with Crippen LogP contribution in [0.15, 0.2) is 29.2 Å². The van der Waals surface area contributed by atoms with Gasteiger partial charge < -0.3 is 13.5 Å². The van der Waals surface area contributed by atoms with Crippen molar-refractivity contribution in [1.29, 1.82) is 0 Å². The summed E-state index contributed by atoms with van der Waals surface area (Å²) in [6, 6.07) is 3.76. The molecule has 1 aromatic rings. The summed E-state index contributed by atoms with van der Waals surface area (Å²) in [5.74, 6) is -4.65. The van der Waals surface area contributed by atoms with E-state index in [0.717, 1.165) is 54.3 Å². The standard InChI is InChI=1S/C25H30F6O8S3.Na/c1-14(8-21-17-10-15-9-16(12-17)13-18(21)11-15)38-22(32)6-7-40-20-4-2-19(3-5-20)39-42(36,37)25(30,31)23(26,27)24(28,29)41(33,34)35;/h2-5,14-18,21H,6-13H2,1H3,(H,33,34,35);/q;+1/p-1. The number of carbonyl (C=O) groups is 1. The van der Waals surface area contributed by atoms with Gasteiger partial charge in [0.2, 0.25) is 0 Å². The Morgan fingerprint density at radius 1 is 0.930 bits per heavy atom. The van der Waals surface area contributed by atoms with Gasteiger partial charge in [-0.3, -0.25) is 4.79 Å². The Labute approximate surface area is 272 Å². The number of thioether (sulfide) groups is 1. The second-order valence-electron chi connectivity index (χ2n) is 11.3. The smallest absolute Gasteiger partial charge is 0.743 e. The normalized spacial score (nSPS) is 26.5. The van der Waals surface area contributed by atoms with Crippen molar-refractivity contribution < 1.29 is 91.0 Å².